The van der Waals surface area contributed by atoms with Crippen molar-refractivity contribution in [3.8, 4) is 0 Å². The summed E-state index contributed by atoms with van der Waals surface area (Å²) in [6, 6.07) is 6.36. The van der Waals surface area contributed by atoms with Gasteiger partial charge in [0.1, 0.15) is 18.1 Å². The number of urea groups is 1. The Labute approximate surface area is 186 Å². The Balaban J connectivity index is 0. The van der Waals surface area contributed by atoms with Gasteiger partial charge in [0.05, 0.1) is 0 Å². The molecular formula is C20H35N5O7. The minimum atomic E-state index is -1.03. The Bertz CT molecular complexity index is 701. The Morgan fingerprint density at radius 3 is 1.72 bits per heavy atom. The van der Waals surface area contributed by atoms with Crippen LogP contribution in [0, 0.1) is 5.92 Å². The number of carboxylic acids is 3. The Morgan fingerprint density at radius 2 is 1.38 bits per heavy atom. The first kappa shape index (κ1) is 31.0. The third kappa shape index (κ3) is 17.6. The van der Waals surface area contributed by atoms with Crippen LogP contribution in [0.25, 0.3) is 0 Å². The normalized spacial score (nSPS) is 12.7. The van der Waals surface area contributed by atoms with Gasteiger partial charge in [-0.05, 0) is 30.7 Å². The summed E-state index contributed by atoms with van der Waals surface area (Å²) in [5, 5.41) is 27.4. The number of aliphatic carboxylic acids is 3. The lowest BCUT2D eigenvalue weighted by Crippen LogP contribution is -2.34. The maximum absolute atomic E-state index is 10.4. The molecule has 0 saturated carbocycles. The molecule has 182 valence electrons. The number of carbonyl (C=O) groups excluding carboxylic acids is 1. The van der Waals surface area contributed by atoms with E-state index in [0.29, 0.717) is 25.8 Å². The number of primary amides is 1. The van der Waals surface area contributed by atoms with E-state index in [4.69, 9.17) is 38.3 Å². The van der Waals surface area contributed by atoms with Gasteiger partial charge >= 0.3 is 23.9 Å². The van der Waals surface area contributed by atoms with Gasteiger partial charge in [-0.15, -0.1) is 0 Å². The summed E-state index contributed by atoms with van der Waals surface area (Å²) in [5.74, 6) is -2.90. The highest BCUT2D eigenvalue weighted by molar-refractivity contribution is 5.74. The molecule has 0 heterocycles. The van der Waals surface area contributed by atoms with E-state index in [0.717, 1.165) is 5.56 Å². The zero-order valence-electron chi connectivity index (χ0n) is 18.3. The van der Waals surface area contributed by atoms with Crippen molar-refractivity contribution in [3.05, 3.63) is 35.9 Å². The fourth-order valence-electron chi connectivity index (χ4n) is 1.90. The number of hydrogen-bond acceptors (Lipinski definition) is 7. The predicted molar refractivity (Wildman–Crippen MR) is 119 cm³/mol. The van der Waals surface area contributed by atoms with Crippen molar-refractivity contribution in [1.82, 2.24) is 5.32 Å². The molecule has 0 aromatic heterocycles. The van der Waals surface area contributed by atoms with Gasteiger partial charge in [0.2, 0.25) is 0 Å². The smallest absolute Gasteiger partial charge is 0.320 e. The number of carbonyl (C=O) groups is 4. The SMILES string of the molecule is CC(C)[C@H](N)C(=O)O.NC(=O)NCCC[C@H](N)C(=O)O.N[C@@H](Cc1ccccc1)C(=O)O. The van der Waals surface area contributed by atoms with Crippen molar-refractivity contribution in [2.45, 2.75) is 51.2 Å². The number of nitrogens with one attached hydrogen (secondary N) is 1. The van der Waals surface area contributed by atoms with Gasteiger partial charge in [-0.3, -0.25) is 14.4 Å². The zero-order valence-corrected chi connectivity index (χ0v) is 18.3. The Hall–Kier alpha value is -3.22. The molecule has 0 radical (unpaired) electrons. The standard InChI is InChI=1S/C9H11NO2.C6H13N3O3.C5H11NO2/c10-8(9(11)12)6-7-4-2-1-3-5-7;7-4(5(10)11)2-1-3-9-6(8)12;1-3(2)4(6)5(7)8/h1-5,8H,6,10H2,(H,11,12);4H,1-3,7H2,(H,10,11)(H3,8,9,12);3-4H,6H2,1-2H3,(H,7,8)/t8-;2*4-/m000/s1. The molecule has 0 aliphatic carbocycles. The molecule has 0 fully saturated rings. The lowest BCUT2D eigenvalue weighted by atomic mass is 10.1. The number of benzene rings is 1. The molecule has 2 amide bonds. The van der Waals surface area contributed by atoms with E-state index in [9.17, 15) is 19.2 Å². The van der Waals surface area contributed by atoms with Crippen molar-refractivity contribution >= 4 is 23.9 Å². The molecule has 0 spiro atoms. The van der Waals surface area contributed by atoms with E-state index in [1.54, 1.807) is 13.8 Å². The van der Waals surface area contributed by atoms with E-state index in [1.807, 2.05) is 30.3 Å². The second-order valence-electron chi connectivity index (χ2n) is 7.12. The first-order chi connectivity index (χ1) is 14.8. The summed E-state index contributed by atoms with van der Waals surface area (Å²) in [6.45, 7) is 3.91. The first-order valence-electron chi connectivity index (χ1n) is 9.81. The molecule has 3 atom stereocenters. The molecular weight excluding hydrogens is 422 g/mol. The van der Waals surface area contributed by atoms with Crippen LogP contribution in [0.2, 0.25) is 0 Å². The van der Waals surface area contributed by atoms with E-state index < -0.39 is 42.1 Å². The van der Waals surface area contributed by atoms with E-state index in [2.05, 4.69) is 5.32 Å². The molecule has 1 aromatic rings. The lowest BCUT2D eigenvalue weighted by Gasteiger charge is -2.07. The van der Waals surface area contributed by atoms with Gasteiger partial charge in [0.25, 0.3) is 0 Å². The van der Waals surface area contributed by atoms with Crippen LogP contribution < -0.4 is 28.3 Å². The van der Waals surface area contributed by atoms with Crippen LogP contribution in [0.1, 0.15) is 32.3 Å². The highest BCUT2D eigenvalue weighted by Crippen LogP contribution is 2.01. The molecule has 0 unspecified atom stereocenters. The van der Waals surface area contributed by atoms with E-state index in [1.165, 1.54) is 0 Å². The van der Waals surface area contributed by atoms with Gasteiger partial charge in [-0.2, -0.15) is 0 Å². The monoisotopic (exact) mass is 457 g/mol. The quantitative estimate of drug-likeness (QED) is 0.210. The van der Waals surface area contributed by atoms with Gasteiger partial charge in [0.15, 0.2) is 0 Å². The van der Waals surface area contributed by atoms with Crippen LogP contribution in [0.3, 0.4) is 0 Å². The van der Waals surface area contributed by atoms with Crippen LogP contribution in [-0.4, -0.2) is 63.9 Å². The van der Waals surface area contributed by atoms with Gasteiger partial charge in [0, 0.05) is 6.54 Å². The number of nitrogens with two attached hydrogens (primary N) is 4. The molecule has 1 rings (SSSR count). The fourth-order valence-corrected chi connectivity index (χ4v) is 1.90. The largest absolute Gasteiger partial charge is 0.480 e. The highest BCUT2D eigenvalue weighted by Gasteiger charge is 2.14. The molecule has 0 aliphatic heterocycles. The highest BCUT2D eigenvalue weighted by atomic mass is 16.4. The fraction of sp³-hybridized carbons (Fsp3) is 0.500. The summed E-state index contributed by atoms with van der Waals surface area (Å²) in [4.78, 5) is 40.7. The summed E-state index contributed by atoms with van der Waals surface area (Å²) in [6.07, 6.45) is 1.22. The maximum atomic E-state index is 10.4. The molecule has 0 saturated heterocycles. The number of rotatable bonds is 10. The Morgan fingerprint density at radius 1 is 0.875 bits per heavy atom. The molecule has 12 heteroatoms. The van der Waals surface area contributed by atoms with Crippen molar-refractivity contribution in [2.75, 3.05) is 6.54 Å². The Kier molecular flexibility index (Phi) is 16.9. The summed E-state index contributed by atoms with van der Waals surface area (Å²) < 4.78 is 0. The predicted octanol–water partition coefficient (Wildman–Crippen LogP) is -0.458. The minimum absolute atomic E-state index is 0.0208. The first-order valence-corrected chi connectivity index (χ1v) is 9.81. The van der Waals surface area contributed by atoms with Gasteiger partial charge in [-0.1, -0.05) is 44.2 Å². The van der Waals surface area contributed by atoms with Crippen LogP contribution >= 0.6 is 0 Å². The number of amides is 2. The molecule has 12 nitrogen and oxygen atoms in total. The van der Waals surface area contributed by atoms with Gasteiger partial charge in [-0.25, -0.2) is 4.79 Å². The number of hydrogen-bond donors (Lipinski definition) is 8. The summed E-state index contributed by atoms with van der Waals surface area (Å²) in [7, 11) is 0. The lowest BCUT2D eigenvalue weighted by molar-refractivity contribution is -0.140. The van der Waals surface area contributed by atoms with Crippen LogP contribution in [0.4, 0.5) is 4.79 Å². The molecule has 12 N–H and O–H groups in total. The second kappa shape index (κ2) is 17.5. The van der Waals surface area contributed by atoms with Crippen molar-refractivity contribution in [1.29, 1.82) is 0 Å². The van der Waals surface area contributed by atoms with Crippen molar-refractivity contribution < 1.29 is 34.5 Å². The molecule has 0 bridgehead atoms. The summed E-state index contributed by atoms with van der Waals surface area (Å²) in [5.41, 5.74) is 21.4. The third-order valence-corrected chi connectivity index (χ3v) is 3.93. The molecule has 32 heavy (non-hydrogen) atoms. The topological polar surface area (TPSA) is 245 Å². The number of carboxylic acid groups (broad SMARTS) is 3. The van der Waals surface area contributed by atoms with Crippen LogP contribution in [-0.2, 0) is 20.8 Å². The van der Waals surface area contributed by atoms with Crippen molar-refractivity contribution in [2.24, 2.45) is 28.9 Å². The van der Waals surface area contributed by atoms with E-state index >= 15 is 0 Å². The van der Waals surface area contributed by atoms with Gasteiger partial charge < -0.3 is 43.6 Å². The average molecular weight is 458 g/mol. The molecule has 0 aliphatic rings. The zero-order chi connectivity index (χ0) is 25.3. The van der Waals surface area contributed by atoms with E-state index in [-0.39, 0.29) is 5.92 Å². The minimum Gasteiger partial charge on any atom is -0.480 e. The maximum Gasteiger partial charge on any atom is 0.320 e. The van der Waals surface area contributed by atoms with Crippen LogP contribution in [0.15, 0.2) is 30.3 Å². The summed E-state index contributed by atoms with van der Waals surface area (Å²) >= 11 is 0. The van der Waals surface area contributed by atoms with Crippen LogP contribution in [0.5, 0.6) is 0 Å². The molecule has 1 aromatic carbocycles. The third-order valence-electron chi connectivity index (χ3n) is 3.93. The average Bonchev–Trinajstić information content (AvgIpc) is 2.71. The van der Waals surface area contributed by atoms with Crippen molar-refractivity contribution in [3.63, 3.8) is 0 Å². The second-order valence-corrected chi connectivity index (χ2v) is 7.12.